The summed E-state index contributed by atoms with van der Waals surface area (Å²) in [5, 5.41) is 10.3. The Morgan fingerprint density at radius 2 is 1.80 bits per heavy atom. The average Bonchev–Trinajstić information content (AvgIpc) is 2.73. The third-order valence-electron chi connectivity index (χ3n) is 4.21. The normalized spacial score (nSPS) is 11.1. The van der Waals surface area contributed by atoms with Crippen molar-refractivity contribution in [1.29, 1.82) is 5.26 Å². The zero-order valence-corrected chi connectivity index (χ0v) is 20.7. The van der Waals surface area contributed by atoms with E-state index in [2.05, 4.69) is 44.6 Å². The van der Waals surface area contributed by atoms with Gasteiger partial charge in [-0.25, -0.2) is 0 Å². The van der Waals surface area contributed by atoms with E-state index in [-0.39, 0.29) is 0 Å². The summed E-state index contributed by atoms with van der Waals surface area (Å²) in [6.45, 7) is 2.85. The lowest BCUT2D eigenvalue weighted by Gasteiger charge is -2.15. The minimum atomic E-state index is 0.408. The Labute approximate surface area is 203 Å². The summed E-state index contributed by atoms with van der Waals surface area (Å²) >= 11 is 11.6. The van der Waals surface area contributed by atoms with Crippen LogP contribution in [0.15, 0.2) is 65.1 Å². The maximum absolute atomic E-state index is 9.64. The van der Waals surface area contributed by atoms with Crippen molar-refractivity contribution in [1.82, 2.24) is 0 Å². The molecular weight excluding hydrogens is 577 g/mol. The van der Waals surface area contributed by atoms with Crippen molar-refractivity contribution in [3.8, 4) is 17.6 Å². The first-order valence-electron chi connectivity index (χ1n) is 9.21. The molecule has 6 heteroatoms. The minimum Gasteiger partial charge on any atom is -0.490 e. The van der Waals surface area contributed by atoms with Crippen LogP contribution in [0.3, 0.4) is 0 Å². The second-order valence-electron chi connectivity index (χ2n) is 6.35. The van der Waals surface area contributed by atoms with Gasteiger partial charge in [0.05, 0.1) is 21.8 Å². The Hall–Kier alpha value is -2.01. The molecule has 30 heavy (non-hydrogen) atoms. The van der Waals surface area contributed by atoms with Crippen molar-refractivity contribution in [3.05, 3.63) is 90.4 Å². The van der Waals surface area contributed by atoms with Gasteiger partial charge < -0.3 is 9.47 Å². The lowest BCUT2D eigenvalue weighted by molar-refractivity contribution is 0.267. The molecule has 0 spiro atoms. The fourth-order valence-corrected chi connectivity index (χ4v) is 3.96. The van der Waals surface area contributed by atoms with Crippen molar-refractivity contribution in [2.45, 2.75) is 13.5 Å². The topological polar surface area (TPSA) is 42.2 Å². The number of allylic oxidation sites excluding steroid dienone is 1. The zero-order chi connectivity index (χ0) is 21.5. The zero-order valence-electron chi connectivity index (χ0n) is 16.2. The molecule has 3 aromatic rings. The van der Waals surface area contributed by atoms with E-state index in [0.29, 0.717) is 35.3 Å². The van der Waals surface area contributed by atoms with E-state index < -0.39 is 0 Å². The predicted molar refractivity (Wildman–Crippen MR) is 134 cm³/mol. The third kappa shape index (κ3) is 6.00. The number of hydrogen-bond donors (Lipinski definition) is 0. The number of halogens is 3. The number of nitrogens with zero attached hydrogens (tertiary/aromatic N) is 1. The van der Waals surface area contributed by atoms with Gasteiger partial charge in [-0.3, -0.25) is 0 Å². The molecule has 3 aromatic carbocycles. The first-order chi connectivity index (χ1) is 14.5. The molecule has 0 aliphatic heterocycles. The molecule has 0 aromatic heterocycles. The molecule has 0 aliphatic carbocycles. The fourth-order valence-electron chi connectivity index (χ4n) is 2.79. The van der Waals surface area contributed by atoms with Crippen molar-refractivity contribution in [2.75, 3.05) is 6.61 Å². The minimum absolute atomic E-state index is 0.408. The van der Waals surface area contributed by atoms with Crippen LogP contribution in [0, 0.1) is 14.9 Å². The second-order valence-corrected chi connectivity index (χ2v) is 8.87. The monoisotopic (exact) mass is 593 g/mol. The van der Waals surface area contributed by atoms with E-state index in [9.17, 15) is 5.26 Å². The van der Waals surface area contributed by atoms with E-state index in [1.807, 2.05) is 73.7 Å². The van der Waals surface area contributed by atoms with Crippen molar-refractivity contribution in [3.63, 3.8) is 0 Å². The lowest BCUT2D eigenvalue weighted by Crippen LogP contribution is -2.02. The molecule has 0 saturated carbocycles. The summed E-state index contributed by atoms with van der Waals surface area (Å²) < 4.78 is 13.8. The summed E-state index contributed by atoms with van der Waals surface area (Å²) in [6.07, 6.45) is 1.86. The molecule has 0 radical (unpaired) electrons. The van der Waals surface area contributed by atoms with E-state index in [1.165, 1.54) is 0 Å². The van der Waals surface area contributed by atoms with Crippen LogP contribution in [-0.2, 0) is 6.61 Å². The van der Waals surface area contributed by atoms with Crippen LogP contribution < -0.4 is 9.47 Å². The molecule has 0 saturated heterocycles. The van der Waals surface area contributed by atoms with E-state index in [0.717, 1.165) is 24.7 Å². The highest BCUT2D eigenvalue weighted by Crippen LogP contribution is 2.36. The van der Waals surface area contributed by atoms with Gasteiger partial charge in [0, 0.05) is 9.50 Å². The first kappa shape index (κ1) is 22.7. The lowest BCUT2D eigenvalue weighted by atomic mass is 10.0. The van der Waals surface area contributed by atoms with Crippen LogP contribution in [0.2, 0.25) is 5.02 Å². The molecule has 0 atom stereocenters. The molecule has 3 nitrogen and oxygen atoms in total. The van der Waals surface area contributed by atoms with Gasteiger partial charge in [-0.05, 0) is 88.7 Å². The molecule has 0 aliphatic rings. The summed E-state index contributed by atoms with van der Waals surface area (Å²) in [6, 6.07) is 21.4. The molecule has 152 valence electrons. The van der Waals surface area contributed by atoms with Crippen LogP contribution in [-0.4, -0.2) is 6.61 Å². The average molecular weight is 595 g/mol. The van der Waals surface area contributed by atoms with Gasteiger partial charge in [-0.1, -0.05) is 51.8 Å². The summed E-state index contributed by atoms with van der Waals surface area (Å²) in [4.78, 5) is 0. The van der Waals surface area contributed by atoms with Gasteiger partial charge in [0.1, 0.15) is 6.61 Å². The standard InChI is InChI=1S/C24H18BrClINO2/c1-2-29-23-13-17(11-19(14-28)18-5-7-20(25)8-6-18)12-22(27)24(23)30-15-16-3-9-21(26)10-4-16/h3-13H,2,15H2,1H3. The fraction of sp³-hybridized carbons (Fsp3) is 0.125. The van der Waals surface area contributed by atoms with Gasteiger partial charge in [-0.15, -0.1) is 0 Å². The Kier molecular flexibility index (Phi) is 8.20. The smallest absolute Gasteiger partial charge is 0.175 e. The molecule has 0 bridgehead atoms. The highest BCUT2D eigenvalue weighted by atomic mass is 127. The van der Waals surface area contributed by atoms with Gasteiger partial charge in [0.15, 0.2) is 11.5 Å². The summed E-state index contributed by atoms with van der Waals surface area (Å²) in [7, 11) is 0. The van der Waals surface area contributed by atoms with Crippen molar-refractivity contribution >= 4 is 61.8 Å². The number of benzene rings is 3. The quantitative estimate of drug-likeness (QED) is 0.160. The van der Waals surface area contributed by atoms with E-state index in [4.69, 9.17) is 21.1 Å². The summed E-state index contributed by atoms with van der Waals surface area (Å²) in [5.41, 5.74) is 3.33. The van der Waals surface area contributed by atoms with Gasteiger partial charge in [0.25, 0.3) is 0 Å². The van der Waals surface area contributed by atoms with Crippen molar-refractivity contribution < 1.29 is 9.47 Å². The molecule has 0 N–H and O–H groups in total. The van der Waals surface area contributed by atoms with Gasteiger partial charge in [-0.2, -0.15) is 5.26 Å². The van der Waals surface area contributed by atoms with Crippen LogP contribution >= 0.6 is 50.1 Å². The van der Waals surface area contributed by atoms with Crippen LogP contribution in [0.5, 0.6) is 11.5 Å². The molecule has 0 fully saturated rings. The van der Waals surface area contributed by atoms with Crippen molar-refractivity contribution in [2.24, 2.45) is 0 Å². The van der Waals surface area contributed by atoms with Crippen LogP contribution in [0.4, 0.5) is 0 Å². The molecule has 0 amide bonds. The van der Waals surface area contributed by atoms with Crippen LogP contribution in [0.25, 0.3) is 11.6 Å². The van der Waals surface area contributed by atoms with Gasteiger partial charge in [0.2, 0.25) is 0 Å². The Balaban J connectivity index is 1.90. The maximum atomic E-state index is 9.64. The number of ether oxygens (including phenoxy) is 2. The predicted octanol–water partition coefficient (Wildman–Crippen LogP) is 7.75. The van der Waals surface area contributed by atoms with E-state index in [1.54, 1.807) is 0 Å². The number of rotatable bonds is 7. The van der Waals surface area contributed by atoms with E-state index >= 15 is 0 Å². The summed E-state index contributed by atoms with van der Waals surface area (Å²) in [5.74, 6) is 1.34. The third-order valence-corrected chi connectivity index (χ3v) is 5.80. The van der Waals surface area contributed by atoms with Gasteiger partial charge >= 0.3 is 0 Å². The Bertz CT molecular complexity index is 1090. The molecule has 0 heterocycles. The Morgan fingerprint density at radius 1 is 1.10 bits per heavy atom. The molecule has 3 rings (SSSR count). The second kappa shape index (κ2) is 10.9. The van der Waals surface area contributed by atoms with Crippen LogP contribution in [0.1, 0.15) is 23.6 Å². The molecule has 0 unspecified atom stereocenters. The molecular formula is C24H18BrClINO2. The number of hydrogen-bond acceptors (Lipinski definition) is 3. The Morgan fingerprint density at radius 3 is 2.43 bits per heavy atom. The largest absolute Gasteiger partial charge is 0.490 e. The highest BCUT2D eigenvalue weighted by molar-refractivity contribution is 14.1. The number of nitriles is 1. The first-order valence-corrected chi connectivity index (χ1v) is 11.5. The highest BCUT2D eigenvalue weighted by Gasteiger charge is 2.13. The maximum Gasteiger partial charge on any atom is 0.175 e. The SMILES string of the molecule is CCOc1cc(C=C(C#N)c2ccc(Br)cc2)cc(I)c1OCc1ccc(Cl)cc1.